The van der Waals surface area contributed by atoms with E-state index in [9.17, 15) is 8.42 Å². The fourth-order valence-corrected chi connectivity index (χ4v) is 4.90. The molecule has 2 rings (SSSR count). The van der Waals surface area contributed by atoms with Crippen molar-refractivity contribution in [3.63, 3.8) is 0 Å². The van der Waals surface area contributed by atoms with Crippen molar-refractivity contribution >= 4 is 51.3 Å². The highest BCUT2D eigenvalue weighted by atomic mass is 127. The number of halogens is 1. The summed E-state index contributed by atoms with van der Waals surface area (Å²) in [6, 6.07) is 11.4. The summed E-state index contributed by atoms with van der Waals surface area (Å²) in [4.78, 5) is 5.44. The number of guanidine groups is 1. The molecule has 168 valence electrons. The quantitative estimate of drug-likeness (QED) is 0.276. The summed E-state index contributed by atoms with van der Waals surface area (Å²) in [6.45, 7) is 7.73. The normalized spacial score (nSPS) is 12.9. The van der Waals surface area contributed by atoms with Crippen molar-refractivity contribution in [3.05, 3.63) is 46.8 Å². The van der Waals surface area contributed by atoms with E-state index in [1.807, 2.05) is 45.0 Å². The Kier molecular flexibility index (Phi) is 11.1. The van der Waals surface area contributed by atoms with Crippen LogP contribution >= 0.6 is 35.3 Å². The van der Waals surface area contributed by atoms with E-state index in [4.69, 9.17) is 4.74 Å². The average Bonchev–Trinajstić information content (AvgIpc) is 3.15. The van der Waals surface area contributed by atoms with Crippen LogP contribution in [-0.4, -0.2) is 52.0 Å². The summed E-state index contributed by atoms with van der Waals surface area (Å²) in [6.07, 6.45) is -0.0430. The van der Waals surface area contributed by atoms with E-state index in [1.165, 1.54) is 29.7 Å². The third kappa shape index (κ3) is 7.71. The third-order valence-corrected chi connectivity index (χ3v) is 7.44. The molecule has 0 saturated carbocycles. The maximum Gasteiger partial charge on any atom is 0.252 e. The van der Waals surface area contributed by atoms with Gasteiger partial charge in [-0.15, -0.1) is 35.3 Å². The Morgan fingerprint density at radius 2 is 1.90 bits per heavy atom. The minimum Gasteiger partial charge on any atom is -0.489 e. The van der Waals surface area contributed by atoms with Gasteiger partial charge in [-0.25, -0.2) is 17.7 Å². The SMILES string of the molecule is CCNC(=NCc1ccc(S(=O)(=O)N(C)C)s1)NCC(C)Oc1ccccc1C.I. The zero-order valence-corrected chi connectivity index (χ0v) is 22.0. The molecular weight excluding hydrogens is 535 g/mol. The lowest BCUT2D eigenvalue weighted by Crippen LogP contribution is -2.41. The molecule has 0 saturated heterocycles. The maximum atomic E-state index is 12.2. The molecule has 2 aromatic rings. The van der Waals surface area contributed by atoms with Crippen LogP contribution in [0, 0.1) is 6.92 Å². The molecular formula is C20H31IN4O3S2. The molecule has 0 aliphatic rings. The largest absolute Gasteiger partial charge is 0.489 e. The van der Waals surface area contributed by atoms with Crippen LogP contribution < -0.4 is 15.4 Å². The first-order valence-corrected chi connectivity index (χ1v) is 11.8. The van der Waals surface area contributed by atoms with Gasteiger partial charge in [0.1, 0.15) is 16.1 Å². The highest BCUT2D eigenvalue weighted by Crippen LogP contribution is 2.24. The zero-order chi connectivity index (χ0) is 21.4. The van der Waals surface area contributed by atoms with Gasteiger partial charge in [0.2, 0.25) is 0 Å². The first-order chi connectivity index (χ1) is 13.7. The van der Waals surface area contributed by atoms with Gasteiger partial charge in [-0.1, -0.05) is 18.2 Å². The number of nitrogens with zero attached hydrogens (tertiary/aromatic N) is 2. The van der Waals surface area contributed by atoms with Gasteiger partial charge < -0.3 is 15.4 Å². The highest BCUT2D eigenvalue weighted by molar-refractivity contribution is 14.0. The smallest absolute Gasteiger partial charge is 0.252 e. The molecule has 1 aromatic heterocycles. The standard InChI is InChI=1S/C20H30N4O3S2.HI/c1-6-21-20(22-13-16(3)27-18-10-8-7-9-15(18)2)23-14-17-11-12-19(28-17)29(25,26)24(4)5;/h7-12,16H,6,13-14H2,1-5H3,(H2,21,22,23);1H. The number of para-hydroxylation sites is 1. The van der Waals surface area contributed by atoms with Gasteiger partial charge in [-0.3, -0.25) is 0 Å². The lowest BCUT2D eigenvalue weighted by molar-refractivity contribution is 0.222. The molecule has 0 aliphatic carbocycles. The number of aryl methyl sites for hydroxylation is 1. The molecule has 2 N–H and O–H groups in total. The first kappa shape index (κ1) is 26.7. The van der Waals surface area contributed by atoms with Crippen LogP contribution in [-0.2, 0) is 16.6 Å². The van der Waals surface area contributed by atoms with E-state index >= 15 is 0 Å². The molecule has 7 nitrogen and oxygen atoms in total. The van der Waals surface area contributed by atoms with Crippen molar-refractivity contribution in [1.82, 2.24) is 14.9 Å². The van der Waals surface area contributed by atoms with E-state index in [1.54, 1.807) is 12.1 Å². The van der Waals surface area contributed by atoms with Crippen LogP contribution in [0.25, 0.3) is 0 Å². The topological polar surface area (TPSA) is 83.0 Å². The number of aliphatic imine (C=N–C) groups is 1. The molecule has 1 unspecified atom stereocenters. The van der Waals surface area contributed by atoms with Gasteiger partial charge >= 0.3 is 0 Å². The Morgan fingerprint density at radius 3 is 2.53 bits per heavy atom. The predicted molar refractivity (Wildman–Crippen MR) is 135 cm³/mol. The molecule has 0 fully saturated rings. The number of benzene rings is 1. The van der Waals surface area contributed by atoms with Gasteiger partial charge in [0.05, 0.1) is 13.1 Å². The van der Waals surface area contributed by atoms with E-state index in [-0.39, 0.29) is 30.1 Å². The Morgan fingerprint density at radius 1 is 1.20 bits per heavy atom. The highest BCUT2D eigenvalue weighted by Gasteiger charge is 2.19. The lowest BCUT2D eigenvalue weighted by atomic mass is 10.2. The van der Waals surface area contributed by atoms with Crippen molar-refractivity contribution in [1.29, 1.82) is 0 Å². The molecule has 30 heavy (non-hydrogen) atoms. The fourth-order valence-electron chi connectivity index (χ4n) is 2.45. The summed E-state index contributed by atoms with van der Waals surface area (Å²) in [5.74, 6) is 1.54. The molecule has 0 aliphatic heterocycles. The molecule has 0 amide bonds. The van der Waals surface area contributed by atoms with E-state index in [0.29, 0.717) is 23.3 Å². The zero-order valence-electron chi connectivity index (χ0n) is 18.0. The van der Waals surface area contributed by atoms with E-state index in [2.05, 4.69) is 15.6 Å². The Labute approximate surface area is 201 Å². The van der Waals surface area contributed by atoms with Crippen molar-refractivity contribution < 1.29 is 13.2 Å². The molecule has 10 heteroatoms. The summed E-state index contributed by atoms with van der Waals surface area (Å²) >= 11 is 1.24. The van der Waals surface area contributed by atoms with Gasteiger partial charge in [-0.2, -0.15) is 0 Å². The van der Waals surface area contributed by atoms with Gasteiger partial charge in [-0.05, 0) is 44.5 Å². The number of hydrogen-bond acceptors (Lipinski definition) is 5. The second-order valence-electron chi connectivity index (χ2n) is 6.78. The minimum absolute atomic E-state index is 0. The predicted octanol–water partition coefficient (Wildman–Crippen LogP) is 3.45. The number of rotatable bonds is 9. The second-order valence-corrected chi connectivity index (χ2v) is 10.3. The van der Waals surface area contributed by atoms with Crippen molar-refractivity contribution in [2.45, 2.75) is 37.6 Å². The Bertz CT molecular complexity index is 930. The summed E-state index contributed by atoms with van der Waals surface area (Å²) in [7, 11) is -0.348. The van der Waals surface area contributed by atoms with Crippen LogP contribution in [0.1, 0.15) is 24.3 Å². The molecule has 0 spiro atoms. The van der Waals surface area contributed by atoms with Gasteiger partial charge in [0.15, 0.2) is 5.96 Å². The Balaban J connectivity index is 0.00000450. The second kappa shape index (κ2) is 12.5. The van der Waals surface area contributed by atoms with E-state index < -0.39 is 10.0 Å². The number of hydrogen-bond donors (Lipinski definition) is 2. The molecule has 0 bridgehead atoms. The van der Waals surface area contributed by atoms with E-state index in [0.717, 1.165) is 22.7 Å². The van der Waals surface area contributed by atoms with Crippen molar-refractivity contribution in [2.24, 2.45) is 4.99 Å². The van der Waals surface area contributed by atoms with Crippen LogP contribution in [0.15, 0.2) is 45.6 Å². The fraction of sp³-hybridized carbons (Fsp3) is 0.450. The van der Waals surface area contributed by atoms with Gasteiger partial charge in [0, 0.05) is 25.5 Å². The average molecular weight is 567 g/mol. The summed E-state index contributed by atoms with van der Waals surface area (Å²) in [5.41, 5.74) is 1.10. The summed E-state index contributed by atoms with van der Waals surface area (Å²) < 4.78 is 31.9. The third-order valence-electron chi connectivity index (χ3n) is 4.09. The number of thiophene rings is 1. The molecule has 0 radical (unpaired) electrons. The molecule has 1 aromatic carbocycles. The minimum atomic E-state index is -3.40. The molecule has 1 atom stereocenters. The number of sulfonamides is 1. The van der Waals surface area contributed by atoms with Crippen LogP contribution in [0.5, 0.6) is 5.75 Å². The van der Waals surface area contributed by atoms with Crippen LogP contribution in [0.4, 0.5) is 0 Å². The number of ether oxygens (including phenoxy) is 1. The summed E-state index contributed by atoms with van der Waals surface area (Å²) in [5, 5.41) is 6.48. The number of nitrogens with one attached hydrogen (secondary N) is 2. The monoisotopic (exact) mass is 566 g/mol. The first-order valence-electron chi connectivity index (χ1n) is 9.49. The maximum absolute atomic E-state index is 12.2. The Hall–Kier alpha value is -1.37. The van der Waals surface area contributed by atoms with Crippen molar-refractivity contribution in [3.8, 4) is 5.75 Å². The molecule has 1 heterocycles. The van der Waals surface area contributed by atoms with Gasteiger partial charge in [0.25, 0.3) is 10.0 Å². The lowest BCUT2D eigenvalue weighted by Gasteiger charge is -2.18. The van der Waals surface area contributed by atoms with Crippen LogP contribution in [0.2, 0.25) is 0 Å². The van der Waals surface area contributed by atoms with Crippen molar-refractivity contribution in [2.75, 3.05) is 27.2 Å². The van der Waals surface area contributed by atoms with Crippen LogP contribution in [0.3, 0.4) is 0 Å².